The van der Waals surface area contributed by atoms with Crippen LogP contribution in [0.1, 0.15) is 24.2 Å². The molecule has 4 rings (SSSR count). The maximum Gasteiger partial charge on any atom is 0.317 e. The SMILES string of the molecule is O=C(NCc1ccco1)[C@@H]1C[C@]12CCN(C(=O)NCc1cccc(F)c1)C2. The first kappa shape index (κ1) is 17.6. The standard InChI is InChI=1S/C20H22FN3O3/c21-15-4-1-3-14(9-15)11-23-19(26)24-7-6-20(13-24)10-17(20)18(25)22-12-16-5-2-8-27-16/h1-5,8-9,17H,6-7,10-13H2,(H,22,25)(H,23,26)/t17-,20-/m0/s1. The van der Waals surface area contributed by atoms with Crippen LogP contribution in [0.3, 0.4) is 0 Å². The van der Waals surface area contributed by atoms with Crippen LogP contribution in [0.25, 0.3) is 0 Å². The summed E-state index contributed by atoms with van der Waals surface area (Å²) in [5.41, 5.74) is 0.627. The van der Waals surface area contributed by atoms with E-state index in [0.717, 1.165) is 24.2 Å². The molecular formula is C20H22FN3O3. The number of rotatable bonds is 5. The lowest BCUT2D eigenvalue weighted by Gasteiger charge is -2.17. The molecule has 1 aliphatic heterocycles. The third-order valence-corrected chi connectivity index (χ3v) is 5.53. The molecule has 1 spiro atoms. The van der Waals surface area contributed by atoms with Gasteiger partial charge in [0.2, 0.25) is 5.91 Å². The van der Waals surface area contributed by atoms with Crippen molar-refractivity contribution >= 4 is 11.9 Å². The summed E-state index contributed by atoms with van der Waals surface area (Å²) in [5.74, 6) is 0.382. The van der Waals surface area contributed by atoms with E-state index < -0.39 is 0 Å². The second-order valence-corrected chi connectivity index (χ2v) is 7.38. The minimum Gasteiger partial charge on any atom is -0.467 e. The van der Waals surface area contributed by atoms with Crippen LogP contribution < -0.4 is 10.6 Å². The minimum atomic E-state index is -0.316. The average molecular weight is 371 g/mol. The van der Waals surface area contributed by atoms with Gasteiger partial charge in [0.1, 0.15) is 11.6 Å². The normalized spacial score (nSPS) is 23.4. The lowest BCUT2D eigenvalue weighted by molar-refractivity contribution is -0.123. The number of halogens is 1. The molecule has 1 aliphatic carbocycles. The van der Waals surface area contributed by atoms with Crippen LogP contribution in [0.2, 0.25) is 0 Å². The number of carbonyl (C=O) groups excluding carboxylic acids is 2. The van der Waals surface area contributed by atoms with E-state index in [4.69, 9.17) is 4.42 Å². The molecule has 2 aromatic rings. The smallest absolute Gasteiger partial charge is 0.317 e. The van der Waals surface area contributed by atoms with Crippen molar-refractivity contribution in [1.29, 1.82) is 0 Å². The molecule has 3 amide bonds. The van der Waals surface area contributed by atoms with Crippen molar-refractivity contribution in [2.45, 2.75) is 25.9 Å². The predicted octanol–water partition coefficient (Wildman–Crippen LogP) is 2.66. The van der Waals surface area contributed by atoms with E-state index in [1.165, 1.54) is 12.1 Å². The minimum absolute atomic E-state index is 0.0217. The first-order valence-electron chi connectivity index (χ1n) is 9.13. The largest absolute Gasteiger partial charge is 0.467 e. The third-order valence-electron chi connectivity index (χ3n) is 5.53. The van der Waals surface area contributed by atoms with Gasteiger partial charge >= 0.3 is 6.03 Å². The number of hydrogen-bond acceptors (Lipinski definition) is 3. The summed E-state index contributed by atoms with van der Waals surface area (Å²) in [6, 6.07) is 9.62. The number of urea groups is 1. The quantitative estimate of drug-likeness (QED) is 0.849. The van der Waals surface area contributed by atoms with E-state index in [1.54, 1.807) is 29.4 Å². The Balaban J connectivity index is 1.25. The highest BCUT2D eigenvalue weighted by Crippen LogP contribution is 2.58. The van der Waals surface area contributed by atoms with Crippen molar-refractivity contribution in [1.82, 2.24) is 15.5 Å². The number of amides is 3. The average Bonchev–Trinajstić information content (AvgIpc) is 3.01. The second-order valence-electron chi connectivity index (χ2n) is 7.38. The molecule has 2 N–H and O–H groups in total. The Labute approximate surface area is 156 Å². The van der Waals surface area contributed by atoms with E-state index in [-0.39, 0.29) is 35.6 Å². The topological polar surface area (TPSA) is 74.6 Å². The maximum absolute atomic E-state index is 13.2. The van der Waals surface area contributed by atoms with Gasteiger partial charge in [-0.3, -0.25) is 4.79 Å². The number of carbonyl (C=O) groups is 2. The molecule has 0 radical (unpaired) electrons. The van der Waals surface area contributed by atoms with Crippen LogP contribution in [0.15, 0.2) is 47.1 Å². The number of hydrogen-bond donors (Lipinski definition) is 2. The van der Waals surface area contributed by atoms with Gasteiger partial charge in [-0.1, -0.05) is 12.1 Å². The van der Waals surface area contributed by atoms with E-state index in [2.05, 4.69) is 10.6 Å². The van der Waals surface area contributed by atoms with Crippen LogP contribution in [-0.2, 0) is 17.9 Å². The molecule has 1 aromatic carbocycles. The van der Waals surface area contributed by atoms with E-state index >= 15 is 0 Å². The summed E-state index contributed by atoms with van der Waals surface area (Å²) in [6.45, 7) is 1.89. The predicted molar refractivity (Wildman–Crippen MR) is 95.9 cm³/mol. The van der Waals surface area contributed by atoms with Gasteiger partial charge in [0.15, 0.2) is 0 Å². The van der Waals surface area contributed by atoms with Gasteiger partial charge in [0.05, 0.1) is 12.8 Å². The fourth-order valence-electron chi connectivity index (χ4n) is 3.89. The second kappa shape index (κ2) is 7.06. The van der Waals surface area contributed by atoms with E-state index in [1.807, 2.05) is 6.07 Å². The van der Waals surface area contributed by atoms with Crippen molar-refractivity contribution in [3.8, 4) is 0 Å². The van der Waals surface area contributed by atoms with Crippen LogP contribution in [0.5, 0.6) is 0 Å². The fraction of sp³-hybridized carbons (Fsp3) is 0.400. The molecular weight excluding hydrogens is 349 g/mol. The Kier molecular flexibility index (Phi) is 4.59. The van der Waals surface area contributed by atoms with E-state index in [0.29, 0.717) is 19.6 Å². The van der Waals surface area contributed by atoms with Crippen LogP contribution in [0.4, 0.5) is 9.18 Å². The van der Waals surface area contributed by atoms with Gasteiger partial charge in [0, 0.05) is 31.0 Å². The highest BCUT2D eigenvalue weighted by molar-refractivity contribution is 5.83. The summed E-state index contributed by atoms with van der Waals surface area (Å²) in [4.78, 5) is 26.5. The van der Waals surface area contributed by atoms with Crippen molar-refractivity contribution in [3.05, 3.63) is 59.8 Å². The van der Waals surface area contributed by atoms with Gasteiger partial charge in [-0.05, 0) is 42.7 Å². The number of likely N-dealkylation sites (tertiary alicyclic amines) is 1. The number of nitrogens with zero attached hydrogens (tertiary/aromatic N) is 1. The fourth-order valence-corrected chi connectivity index (χ4v) is 3.89. The summed E-state index contributed by atoms with van der Waals surface area (Å²) in [6.07, 6.45) is 3.22. The summed E-state index contributed by atoms with van der Waals surface area (Å²) >= 11 is 0. The van der Waals surface area contributed by atoms with Crippen LogP contribution in [-0.4, -0.2) is 29.9 Å². The number of nitrogens with one attached hydrogen (secondary N) is 2. The Morgan fingerprint density at radius 2 is 2.11 bits per heavy atom. The van der Waals surface area contributed by atoms with Gasteiger partial charge in [-0.2, -0.15) is 0 Å². The molecule has 6 nitrogen and oxygen atoms in total. The number of benzene rings is 1. The zero-order chi connectivity index (χ0) is 18.9. The zero-order valence-electron chi connectivity index (χ0n) is 14.9. The Morgan fingerprint density at radius 1 is 1.22 bits per heavy atom. The van der Waals surface area contributed by atoms with Crippen LogP contribution >= 0.6 is 0 Å². The lowest BCUT2D eigenvalue weighted by Crippen LogP contribution is -2.38. The molecule has 0 unspecified atom stereocenters. The van der Waals surface area contributed by atoms with Gasteiger partial charge < -0.3 is 20.0 Å². The monoisotopic (exact) mass is 371 g/mol. The van der Waals surface area contributed by atoms with Crippen molar-refractivity contribution in [2.75, 3.05) is 13.1 Å². The van der Waals surface area contributed by atoms with E-state index in [9.17, 15) is 14.0 Å². The number of furan rings is 1. The Bertz CT molecular complexity index is 839. The Hall–Kier alpha value is -2.83. The molecule has 1 saturated carbocycles. The maximum atomic E-state index is 13.2. The van der Waals surface area contributed by atoms with Gasteiger partial charge in [-0.25, -0.2) is 9.18 Å². The molecule has 2 atom stereocenters. The summed E-state index contributed by atoms with van der Waals surface area (Å²) in [7, 11) is 0. The van der Waals surface area contributed by atoms with Gasteiger partial charge in [0.25, 0.3) is 0 Å². The summed E-state index contributed by atoms with van der Waals surface area (Å²) < 4.78 is 18.4. The molecule has 2 fully saturated rings. The molecule has 7 heteroatoms. The first-order valence-corrected chi connectivity index (χ1v) is 9.13. The molecule has 1 saturated heterocycles. The van der Waals surface area contributed by atoms with Crippen molar-refractivity contribution < 1.29 is 18.4 Å². The highest BCUT2D eigenvalue weighted by atomic mass is 19.1. The molecule has 142 valence electrons. The zero-order valence-corrected chi connectivity index (χ0v) is 14.9. The lowest BCUT2D eigenvalue weighted by atomic mass is 10.0. The first-order chi connectivity index (χ1) is 13.1. The molecule has 2 heterocycles. The van der Waals surface area contributed by atoms with Crippen LogP contribution in [0, 0.1) is 17.2 Å². The summed E-state index contributed by atoms with van der Waals surface area (Å²) in [5, 5.41) is 5.74. The Morgan fingerprint density at radius 3 is 2.89 bits per heavy atom. The molecule has 27 heavy (non-hydrogen) atoms. The van der Waals surface area contributed by atoms with Gasteiger partial charge in [-0.15, -0.1) is 0 Å². The molecule has 1 aromatic heterocycles. The van der Waals surface area contributed by atoms with Crippen molar-refractivity contribution in [3.63, 3.8) is 0 Å². The third kappa shape index (κ3) is 3.82. The molecule has 0 bridgehead atoms. The van der Waals surface area contributed by atoms with Crippen molar-refractivity contribution in [2.24, 2.45) is 11.3 Å². The highest BCUT2D eigenvalue weighted by Gasteiger charge is 2.61. The molecule has 2 aliphatic rings.